The van der Waals surface area contributed by atoms with E-state index >= 15 is 0 Å². The summed E-state index contributed by atoms with van der Waals surface area (Å²) in [7, 11) is 1.70. The van der Waals surface area contributed by atoms with Gasteiger partial charge in [-0.05, 0) is 24.1 Å². The number of hydrogen-bond acceptors (Lipinski definition) is 3. The van der Waals surface area contributed by atoms with Crippen molar-refractivity contribution < 1.29 is 4.74 Å². The van der Waals surface area contributed by atoms with E-state index in [1.165, 1.54) is 5.56 Å². The van der Waals surface area contributed by atoms with Gasteiger partial charge in [0.05, 0.1) is 7.11 Å². The highest BCUT2D eigenvalue weighted by Gasteiger charge is 2.18. The molecule has 1 aliphatic heterocycles. The predicted octanol–water partition coefficient (Wildman–Crippen LogP) is 2.07. The van der Waals surface area contributed by atoms with Crippen LogP contribution in [0.5, 0.6) is 5.75 Å². The van der Waals surface area contributed by atoms with Crippen molar-refractivity contribution in [3.8, 4) is 5.75 Å². The average molecular weight is 279 g/mol. The van der Waals surface area contributed by atoms with Gasteiger partial charge in [-0.2, -0.15) is 0 Å². The number of methoxy groups -OCH3 is 1. The van der Waals surface area contributed by atoms with Crippen molar-refractivity contribution in [3.05, 3.63) is 29.8 Å². The number of benzene rings is 1. The molecule has 0 saturated carbocycles. The molecule has 0 bridgehead atoms. The normalized spacial score (nSPS) is 19.3. The SMILES string of the molecule is COc1cccc(CN2CC[C@@H](N)C2)c1.Cl.Cl. The second-order valence-electron chi connectivity index (χ2n) is 4.14. The third-order valence-electron chi connectivity index (χ3n) is 2.85. The van der Waals surface area contributed by atoms with E-state index in [1.54, 1.807) is 7.11 Å². The highest BCUT2D eigenvalue weighted by Crippen LogP contribution is 2.16. The van der Waals surface area contributed by atoms with Gasteiger partial charge in [0.25, 0.3) is 0 Å². The Morgan fingerprint density at radius 2 is 2.18 bits per heavy atom. The summed E-state index contributed by atoms with van der Waals surface area (Å²) in [5.74, 6) is 0.927. The van der Waals surface area contributed by atoms with Gasteiger partial charge < -0.3 is 10.5 Å². The average Bonchev–Trinajstić information content (AvgIpc) is 2.64. The fraction of sp³-hybridized carbons (Fsp3) is 0.500. The standard InChI is InChI=1S/C12H18N2O.2ClH/c1-15-12-4-2-3-10(7-12)8-14-6-5-11(13)9-14;;/h2-4,7,11H,5-6,8-9,13H2,1H3;2*1H/t11-;;/m1../s1. The van der Waals surface area contributed by atoms with Crippen LogP contribution in [0.1, 0.15) is 12.0 Å². The van der Waals surface area contributed by atoms with Crippen LogP contribution in [0.15, 0.2) is 24.3 Å². The minimum atomic E-state index is 0. The van der Waals surface area contributed by atoms with Crippen LogP contribution in [0.2, 0.25) is 0 Å². The van der Waals surface area contributed by atoms with Gasteiger partial charge in [-0.1, -0.05) is 12.1 Å². The zero-order chi connectivity index (χ0) is 10.7. The summed E-state index contributed by atoms with van der Waals surface area (Å²) in [5, 5.41) is 0. The van der Waals surface area contributed by atoms with Crippen LogP contribution in [0.4, 0.5) is 0 Å². The maximum Gasteiger partial charge on any atom is 0.119 e. The van der Waals surface area contributed by atoms with E-state index in [1.807, 2.05) is 12.1 Å². The fourth-order valence-electron chi connectivity index (χ4n) is 2.04. The molecule has 1 aromatic carbocycles. The van der Waals surface area contributed by atoms with Gasteiger partial charge in [0.1, 0.15) is 5.75 Å². The molecule has 2 rings (SSSR count). The number of rotatable bonds is 3. The molecule has 1 aromatic rings. The second-order valence-corrected chi connectivity index (χ2v) is 4.14. The molecule has 1 heterocycles. The lowest BCUT2D eigenvalue weighted by Gasteiger charge is -2.15. The molecule has 1 aliphatic rings. The number of halogens is 2. The van der Waals surface area contributed by atoms with E-state index in [0.717, 1.165) is 31.8 Å². The molecule has 0 unspecified atom stereocenters. The molecule has 0 radical (unpaired) electrons. The number of nitrogens with zero attached hydrogens (tertiary/aromatic N) is 1. The zero-order valence-corrected chi connectivity index (χ0v) is 11.6. The van der Waals surface area contributed by atoms with E-state index < -0.39 is 0 Å². The highest BCUT2D eigenvalue weighted by atomic mass is 35.5. The lowest BCUT2D eigenvalue weighted by atomic mass is 10.2. The third-order valence-corrected chi connectivity index (χ3v) is 2.85. The van der Waals surface area contributed by atoms with Gasteiger partial charge in [0, 0.05) is 25.7 Å². The van der Waals surface area contributed by atoms with Crippen LogP contribution >= 0.6 is 24.8 Å². The minimum Gasteiger partial charge on any atom is -0.497 e. The topological polar surface area (TPSA) is 38.5 Å². The number of ether oxygens (including phenoxy) is 1. The maximum absolute atomic E-state index is 5.87. The Labute approximate surface area is 115 Å². The van der Waals surface area contributed by atoms with Crippen LogP contribution < -0.4 is 10.5 Å². The van der Waals surface area contributed by atoms with Crippen molar-refractivity contribution in [2.24, 2.45) is 5.73 Å². The summed E-state index contributed by atoms with van der Waals surface area (Å²) in [4.78, 5) is 2.39. The van der Waals surface area contributed by atoms with Crippen LogP contribution in [-0.4, -0.2) is 31.1 Å². The minimum absolute atomic E-state index is 0. The Bertz CT molecular complexity index is 336. The van der Waals surface area contributed by atoms with E-state index in [9.17, 15) is 0 Å². The summed E-state index contributed by atoms with van der Waals surface area (Å²) in [5.41, 5.74) is 7.16. The van der Waals surface area contributed by atoms with Crippen LogP contribution in [0.3, 0.4) is 0 Å². The van der Waals surface area contributed by atoms with Crippen molar-refractivity contribution in [1.82, 2.24) is 4.90 Å². The van der Waals surface area contributed by atoms with Gasteiger partial charge in [0.2, 0.25) is 0 Å². The molecule has 98 valence electrons. The Morgan fingerprint density at radius 1 is 1.41 bits per heavy atom. The Balaban J connectivity index is 0.00000128. The Kier molecular flexibility index (Phi) is 7.55. The van der Waals surface area contributed by atoms with Crippen molar-refractivity contribution >= 4 is 24.8 Å². The van der Waals surface area contributed by atoms with E-state index in [2.05, 4.69) is 17.0 Å². The molecule has 0 amide bonds. The fourth-order valence-corrected chi connectivity index (χ4v) is 2.04. The van der Waals surface area contributed by atoms with Crippen LogP contribution in [-0.2, 0) is 6.54 Å². The molecular formula is C12H20Cl2N2O. The molecule has 0 aromatic heterocycles. The molecule has 5 heteroatoms. The first-order valence-electron chi connectivity index (χ1n) is 5.39. The molecule has 17 heavy (non-hydrogen) atoms. The summed E-state index contributed by atoms with van der Waals surface area (Å²) in [6, 6.07) is 8.58. The molecular weight excluding hydrogens is 259 g/mol. The largest absolute Gasteiger partial charge is 0.497 e. The monoisotopic (exact) mass is 278 g/mol. The second kappa shape index (κ2) is 7.77. The van der Waals surface area contributed by atoms with Gasteiger partial charge >= 0.3 is 0 Å². The molecule has 1 fully saturated rings. The van der Waals surface area contributed by atoms with E-state index in [4.69, 9.17) is 10.5 Å². The summed E-state index contributed by atoms with van der Waals surface area (Å²) < 4.78 is 5.20. The number of nitrogens with two attached hydrogens (primary N) is 1. The van der Waals surface area contributed by atoms with E-state index in [0.29, 0.717) is 6.04 Å². The quantitative estimate of drug-likeness (QED) is 0.920. The van der Waals surface area contributed by atoms with Gasteiger partial charge in [-0.3, -0.25) is 4.90 Å². The molecule has 0 aliphatic carbocycles. The number of hydrogen-bond donors (Lipinski definition) is 1. The lowest BCUT2D eigenvalue weighted by molar-refractivity contribution is 0.326. The van der Waals surface area contributed by atoms with Crippen LogP contribution in [0, 0.1) is 0 Å². The molecule has 3 nitrogen and oxygen atoms in total. The number of likely N-dealkylation sites (tertiary alicyclic amines) is 1. The molecule has 2 N–H and O–H groups in total. The highest BCUT2D eigenvalue weighted by molar-refractivity contribution is 5.85. The Hall–Kier alpha value is -0.480. The van der Waals surface area contributed by atoms with Crippen molar-refractivity contribution in [2.45, 2.75) is 19.0 Å². The summed E-state index contributed by atoms with van der Waals surface area (Å²) in [6.45, 7) is 3.10. The van der Waals surface area contributed by atoms with Crippen molar-refractivity contribution in [1.29, 1.82) is 0 Å². The molecule has 1 atom stereocenters. The molecule has 1 saturated heterocycles. The maximum atomic E-state index is 5.87. The van der Waals surface area contributed by atoms with Crippen molar-refractivity contribution in [3.63, 3.8) is 0 Å². The van der Waals surface area contributed by atoms with Crippen LogP contribution in [0.25, 0.3) is 0 Å². The zero-order valence-electron chi connectivity index (χ0n) is 9.96. The first-order valence-corrected chi connectivity index (χ1v) is 5.39. The smallest absolute Gasteiger partial charge is 0.119 e. The summed E-state index contributed by atoms with van der Waals surface area (Å²) >= 11 is 0. The Morgan fingerprint density at radius 3 is 2.76 bits per heavy atom. The first kappa shape index (κ1) is 16.5. The van der Waals surface area contributed by atoms with Crippen molar-refractivity contribution in [2.75, 3.05) is 20.2 Å². The van der Waals surface area contributed by atoms with E-state index in [-0.39, 0.29) is 24.8 Å². The third kappa shape index (κ3) is 4.72. The predicted molar refractivity (Wildman–Crippen MR) is 75.4 cm³/mol. The van der Waals surface area contributed by atoms with Gasteiger partial charge in [-0.25, -0.2) is 0 Å². The summed E-state index contributed by atoms with van der Waals surface area (Å²) in [6.07, 6.45) is 1.12. The first-order chi connectivity index (χ1) is 7.28. The molecule has 0 spiro atoms. The lowest BCUT2D eigenvalue weighted by Crippen LogP contribution is -2.26. The van der Waals surface area contributed by atoms with Gasteiger partial charge in [-0.15, -0.1) is 24.8 Å². The van der Waals surface area contributed by atoms with Gasteiger partial charge in [0.15, 0.2) is 0 Å².